The number of carbonyl (C=O) groups is 1. The highest BCUT2D eigenvalue weighted by Crippen LogP contribution is 2.07. The van der Waals surface area contributed by atoms with E-state index in [1.165, 1.54) is 0 Å². The van der Waals surface area contributed by atoms with Gasteiger partial charge in [-0.15, -0.1) is 10.2 Å². The summed E-state index contributed by atoms with van der Waals surface area (Å²) in [6.07, 6.45) is 1.87. The van der Waals surface area contributed by atoms with Crippen molar-refractivity contribution in [2.75, 3.05) is 0 Å². The van der Waals surface area contributed by atoms with Gasteiger partial charge in [0.25, 0.3) is 5.91 Å². The number of amides is 1. The molecule has 2 rings (SSSR count). The van der Waals surface area contributed by atoms with Crippen molar-refractivity contribution in [3.63, 3.8) is 0 Å². The van der Waals surface area contributed by atoms with E-state index >= 15 is 0 Å². The second-order valence-electron chi connectivity index (χ2n) is 3.64. The molecule has 1 atom stereocenters. The van der Waals surface area contributed by atoms with Gasteiger partial charge in [0.05, 0.1) is 6.04 Å². The lowest BCUT2D eigenvalue weighted by Gasteiger charge is -2.11. The maximum absolute atomic E-state index is 12.0. The van der Waals surface area contributed by atoms with Gasteiger partial charge < -0.3 is 9.88 Å². The Kier molecular flexibility index (Phi) is 3.17. The number of aromatic nitrogens is 5. The first-order valence-electron chi connectivity index (χ1n) is 5.41. The van der Waals surface area contributed by atoms with E-state index in [9.17, 15) is 4.79 Å². The summed E-state index contributed by atoms with van der Waals surface area (Å²) >= 11 is 0. The Hall–Kier alpha value is -2.18. The Balaban J connectivity index is 2.07. The molecular formula is C10H14N6O. The Morgan fingerprint density at radius 3 is 3.12 bits per heavy atom. The lowest BCUT2D eigenvalue weighted by Crippen LogP contribution is -2.29. The average molecular weight is 234 g/mol. The molecule has 90 valence electrons. The largest absolute Gasteiger partial charge is 0.344 e. The SMILES string of the molecule is CCn1cccc1C(=O)NC(C)c1nn[nH]n1. The van der Waals surface area contributed by atoms with E-state index in [1.54, 1.807) is 6.07 Å². The molecule has 0 bridgehead atoms. The average Bonchev–Trinajstić information content (AvgIpc) is 2.99. The molecule has 0 aromatic carbocycles. The lowest BCUT2D eigenvalue weighted by molar-refractivity contribution is 0.0929. The molecule has 2 aromatic rings. The van der Waals surface area contributed by atoms with E-state index in [4.69, 9.17) is 0 Å². The van der Waals surface area contributed by atoms with Gasteiger partial charge in [-0.3, -0.25) is 4.79 Å². The summed E-state index contributed by atoms with van der Waals surface area (Å²) in [5.74, 6) is 0.321. The number of rotatable bonds is 4. The Morgan fingerprint density at radius 2 is 2.47 bits per heavy atom. The van der Waals surface area contributed by atoms with E-state index in [0.717, 1.165) is 6.54 Å². The summed E-state index contributed by atoms with van der Waals surface area (Å²) in [7, 11) is 0. The molecule has 0 spiro atoms. The first kappa shape index (κ1) is 11.3. The van der Waals surface area contributed by atoms with Crippen molar-refractivity contribution in [1.82, 2.24) is 30.5 Å². The Morgan fingerprint density at radius 1 is 1.65 bits per heavy atom. The molecule has 2 heterocycles. The minimum atomic E-state index is -0.276. The van der Waals surface area contributed by atoms with Gasteiger partial charge in [0.1, 0.15) is 5.69 Å². The minimum Gasteiger partial charge on any atom is -0.344 e. The molecule has 0 saturated carbocycles. The molecule has 2 N–H and O–H groups in total. The van der Waals surface area contributed by atoms with Crippen LogP contribution in [0.2, 0.25) is 0 Å². The second-order valence-corrected chi connectivity index (χ2v) is 3.64. The van der Waals surface area contributed by atoms with Crippen molar-refractivity contribution >= 4 is 5.91 Å². The van der Waals surface area contributed by atoms with Crippen molar-refractivity contribution in [2.24, 2.45) is 0 Å². The molecule has 7 heteroatoms. The van der Waals surface area contributed by atoms with Gasteiger partial charge in [-0.05, 0) is 26.0 Å². The summed E-state index contributed by atoms with van der Waals surface area (Å²) in [5, 5.41) is 16.3. The van der Waals surface area contributed by atoms with Gasteiger partial charge >= 0.3 is 0 Å². The zero-order valence-corrected chi connectivity index (χ0v) is 9.71. The van der Waals surface area contributed by atoms with Crippen molar-refractivity contribution in [1.29, 1.82) is 0 Å². The number of hydrogen-bond acceptors (Lipinski definition) is 4. The van der Waals surface area contributed by atoms with Crippen LogP contribution in [-0.2, 0) is 6.54 Å². The number of aromatic amines is 1. The van der Waals surface area contributed by atoms with Gasteiger partial charge in [0, 0.05) is 12.7 Å². The number of hydrogen-bond donors (Lipinski definition) is 2. The molecule has 17 heavy (non-hydrogen) atoms. The van der Waals surface area contributed by atoms with Gasteiger partial charge in [-0.1, -0.05) is 5.21 Å². The molecule has 0 radical (unpaired) electrons. The molecule has 0 saturated heterocycles. The molecule has 2 aromatic heterocycles. The molecule has 1 unspecified atom stereocenters. The highest BCUT2D eigenvalue weighted by Gasteiger charge is 2.16. The van der Waals surface area contributed by atoms with Crippen molar-refractivity contribution < 1.29 is 4.79 Å². The third-order valence-electron chi connectivity index (χ3n) is 2.50. The zero-order chi connectivity index (χ0) is 12.3. The summed E-state index contributed by atoms with van der Waals surface area (Å²) in [6, 6.07) is 3.35. The highest BCUT2D eigenvalue weighted by atomic mass is 16.2. The molecule has 0 aliphatic carbocycles. The number of nitrogens with one attached hydrogen (secondary N) is 2. The van der Waals surface area contributed by atoms with Crippen LogP contribution in [0.25, 0.3) is 0 Å². The highest BCUT2D eigenvalue weighted by molar-refractivity contribution is 5.92. The Labute approximate surface area is 98.2 Å². The first-order chi connectivity index (χ1) is 8.22. The van der Waals surface area contributed by atoms with Crippen LogP contribution in [-0.4, -0.2) is 31.1 Å². The van der Waals surface area contributed by atoms with Gasteiger partial charge in [-0.2, -0.15) is 5.21 Å². The molecule has 0 aliphatic rings. The number of tetrazole rings is 1. The molecule has 1 amide bonds. The van der Waals surface area contributed by atoms with Gasteiger partial charge in [0.15, 0.2) is 5.82 Å². The number of nitrogens with zero attached hydrogens (tertiary/aromatic N) is 4. The molecule has 0 fully saturated rings. The van der Waals surface area contributed by atoms with E-state index in [1.807, 2.05) is 30.7 Å². The van der Waals surface area contributed by atoms with E-state index in [2.05, 4.69) is 25.9 Å². The third-order valence-corrected chi connectivity index (χ3v) is 2.50. The summed E-state index contributed by atoms with van der Waals surface area (Å²) < 4.78 is 1.87. The maximum atomic E-state index is 12.0. The maximum Gasteiger partial charge on any atom is 0.268 e. The fraction of sp³-hybridized carbons (Fsp3) is 0.400. The predicted molar refractivity (Wildman–Crippen MR) is 60.2 cm³/mol. The van der Waals surface area contributed by atoms with Crippen LogP contribution < -0.4 is 5.32 Å². The topological polar surface area (TPSA) is 88.5 Å². The van der Waals surface area contributed by atoms with E-state index < -0.39 is 0 Å². The van der Waals surface area contributed by atoms with Crippen LogP contribution in [0.5, 0.6) is 0 Å². The number of carbonyl (C=O) groups excluding carboxylic acids is 1. The predicted octanol–water partition coefficient (Wildman–Crippen LogP) is 0.512. The van der Waals surface area contributed by atoms with Crippen molar-refractivity contribution in [3.8, 4) is 0 Å². The molecule has 7 nitrogen and oxygen atoms in total. The fourth-order valence-electron chi connectivity index (χ4n) is 1.58. The molecule has 0 aliphatic heterocycles. The smallest absolute Gasteiger partial charge is 0.268 e. The van der Waals surface area contributed by atoms with E-state index in [-0.39, 0.29) is 11.9 Å². The van der Waals surface area contributed by atoms with Crippen molar-refractivity contribution in [3.05, 3.63) is 29.8 Å². The van der Waals surface area contributed by atoms with Crippen LogP contribution in [0.4, 0.5) is 0 Å². The van der Waals surface area contributed by atoms with E-state index in [0.29, 0.717) is 11.5 Å². The lowest BCUT2D eigenvalue weighted by atomic mass is 10.3. The van der Waals surface area contributed by atoms with Gasteiger partial charge in [0.2, 0.25) is 0 Å². The summed E-state index contributed by atoms with van der Waals surface area (Å²) in [6.45, 7) is 4.55. The summed E-state index contributed by atoms with van der Waals surface area (Å²) in [4.78, 5) is 12.0. The van der Waals surface area contributed by atoms with Crippen LogP contribution in [0.15, 0.2) is 18.3 Å². The van der Waals surface area contributed by atoms with Crippen LogP contribution in [0.1, 0.15) is 36.2 Å². The van der Waals surface area contributed by atoms with Crippen molar-refractivity contribution in [2.45, 2.75) is 26.4 Å². The minimum absolute atomic E-state index is 0.144. The first-order valence-corrected chi connectivity index (χ1v) is 5.41. The second kappa shape index (κ2) is 4.77. The molecular weight excluding hydrogens is 220 g/mol. The third kappa shape index (κ3) is 2.32. The standard InChI is InChI=1S/C10H14N6O/c1-3-16-6-4-5-8(16)10(17)11-7(2)9-12-14-15-13-9/h4-7H,3H2,1-2H3,(H,11,17)(H,12,13,14,15). The van der Waals surface area contributed by atoms with Crippen LogP contribution >= 0.6 is 0 Å². The summed E-state index contributed by atoms with van der Waals surface area (Å²) in [5.41, 5.74) is 0.628. The quantitative estimate of drug-likeness (QED) is 0.806. The van der Waals surface area contributed by atoms with Crippen LogP contribution in [0.3, 0.4) is 0 Å². The Bertz CT molecular complexity index is 489. The van der Waals surface area contributed by atoms with Gasteiger partial charge in [-0.25, -0.2) is 0 Å². The fourth-order valence-corrected chi connectivity index (χ4v) is 1.58. The van der Waals surface area contributed by atoms with Crippen LogP contribution in [0, 0.1) is 0 Å². The zero-order valence-electron chi connectivity index (χ0n) is 9.71. The number of H-pyrrole nitrogens is 1. The monoisotopic (exact) mass is 234 g/mol. The normalized spacial score (nSPS) is 12.4. The number of aryl methyl sites for hydroxylation is 1.